The van der Waals surface area contributed by atoms with E-state index in [0.29, 0.717) is 6.10 Å². The Hall–Kier alpha value is 0.400. The minimum Gasteiger partial charge on any atom is -0.375 e. The Labute approximate surface area is 101 Å². The molecule has 88 valence electrons. The van der Waals surface area contributed by atoms with Crippen molar-refractivity contribution >= 4 is 15.9 Å². The van der Waals surface area contributed by atoms with Gasteiger partial charge in [-0.2, -0.15) is 0 Å². The molecule has 1 aliphatic carbocycles. The van der Waals surface area contributed by atoms with E-state index in [4.69, 9.17) is 4.74 Å². The van der Waals surface area contributed by atoms with E-state index in [9.17, 15) is 0 Å². The number of halogens is 1. The Kier molecular flexibility index (Phi) is 4.47. The molecule has 2 rings (SSSR count). The molecule has 1 aliphatic heterocycles. The molecule has 0 N–H and O–H groups in total. The largest absolute Gasteiger partial charge is 0.375 e. The van der Waals surface area contributed by atoms with Gasteiger partial charge in [-0.1, -0.05) is 29.3 Å². The zero-order valence-corrected chi connectivity index (χ0v) is 11.2. The molecule has 2 fully saturated rings. The maximum Gasteiger partial charge on any atom is 0.0730 e. The summed E-state index contributed by atoms with van der Waals surface area (Å²) in [6.07, 6.45) is 5.82. The summed E-state index contributed by atoms with van der Waals surface area (Å²) in [6.45, 7) is 5.63. The second-order valence-corrected chi connectivity index (χ2v) is 5.48. The van der Waals surface area contributed by atoms with Crippen LogP contribution in [0.15, 0.2) is 0 Å². The number of fused-ring (bicyclic) bond motifs is 1. The molecule has 1 saturated heterocycles. The van der Waals surface area contributed by atoms with Crippen molar-refractivity contribution in [3.8, 4) is 0 Å². The van der Waals surface area contributed by atoms with E-state index >= 15 is 0 Å². The summed E-state index contributed by atoms with van der Waals surface area (Å²) in [4.78, 5) is 2.68. The number of rotatable bonds is 4. The molecule has 3 heteroatoms. The predicted octanol–water partition coefficient (Wildman–Crippen LogP) is 2.66. The average Bonchev–Trinajstić information content (AvgIpc) is 2.74. The van der Waals surface area contributed by atoms with Crippen LogP contribution in [0.5, 0.6) is 0 Å². The minimum atomic E-state index is 0.548. The Bertz CT molecular complexity index is 196. The van der Waals surface area contributed by atoms with Gasteiger partial charge < -0.3 is 4.74 Å². The number of ether oxygens (including phenoxy) is 1. The molecule has 0 aromatic carbocycles. The molecule has 2 aliphatic rings. The highest BCUT2D eigenvalue weighted by molar-refractivity contribution is 9.09. The second-order valence-electron chi connectivity index (χ2n) is 4.83. The van der Waals surface area contributed by atoms with Gasteiger partial charge in [0.1, 0.15) is 0 Å². The Morgan fingerprint density at radius 2 is 2.33 bits per heavy atom. The molecule has 0 bridgehead atoms. The highest BCUT2D eigenvalue weighted by atomic mass is 79.9. The monoisotopic (exact) mass is 275 g/mol. The van der Waals surface area contributed by atoms with Crippen LogP contribution in [0.4, 0.5) is 0 Å². The van der Waals surface area contributed by atoms with Gasteiger partial charge in [0.2, 0.25) is 0 Å². The van der Waals surface area contributed by atoms with E-state index in [0.717, 1.165) is 30.4 Å². The topological polar surface area (TPSA) is 12.5 Å². The first-order valence-corrected chi connectivity index (χ1v) is 7.39. The molecular weight excluding hydrogens is 254 g/mol. The van der Waals surface area contributed by atoms with Crippen molar-refractivity contribution in [1.29, 1.82) is 0 Å². The van der Waals surface area contributed by atoms with Crippen molar-refractivity contribution in [3.05, 3.63) is 0 Å². The predicted molar refractivity (Wildman–Crippen MR) is 66.5 cm³/mol. The van der Waals surface area contributed by atoms with Crippen molar-refractivity contribution < 1.29 is 4.74 Å². The fraction of sp³-hybridized carbons (Fsp3) is 1.00. The van der Waals surface area contributed by atoms with Crippen LogP contribution in [0.1, 0.15) is 32.6 Å². The lowest BCUT2D eigenvalue weighted by Crippen LogP contribution is -2.50. The lowest BCUT2D eigenvalue weighted by molar-refractivity contribution is -0.0594. The summed E-state index contributed by atoms with van der Waals surface area (Å²) in [5.74, 6) is 0.810. The Morgan fingerprint density at radius 3 is 3.07 bits per heavy atom. The van der Waals surface area contributed by atoms with Crippen molar-refractivity contribution in [2.75, 3.05) is 25.0 Å². The van der Waals surface area contributed by atoms with Gasteiger partial charge in [0.15, 0.2) is 0 Å². The van der Waals surface area contributed by atoms with Crippen molar-refractivity contribution in [2.24, 2.45) is 5.92 Å². The van der Waals surface area contributed by atoms with Gasteiger partial charge in [-0.15, -0.1) is 0 Å². The number of hydrogen-bond donors (Lipinski definition) is 0. The minimum absolute atomic E-state index is 0.548. The quantitative estimate of drug-likeness (QED) is 0.732. The van der Waals surface area contributed by atoms with Gasteiger partial charge >= 0.3 is 0 Å². The first-order chi connectivity index (χ1) is 7.35. The Morgan fingerprint density at radius 1 is 1.47 bits per heavy atom. The summed E-state index contributed by atoms with van der Waals surface area (Å²) in [5, 5.41) is 1.14. The molecule has 3 atom stereocenters. The van der Waals surface area contributed by atoms with Gasteiger partial charge in [-0.25, -0.2) is 0 Å². The van der Waals surface area contributed by atoms with Crippen LogP contribution < -0.4 is 0 Å². The van der Waals surface area contributed by atoms with Crippen LogP contribution in [0, 0.1) is 5.92 Å². The first-order valence-electron chi connectivity index (χ1n) is 6.26. The fourth-order valence-electron chi connectivity index (χ4n) is 2.85. The van der Waals surface area contributed by atoms with Crippen LogP contribution in [0.25, 0.3) is 0 Å². The van der Waals surface area contributed by atoms with Crippen molar-refractivity contribution in [2.45, 2.75) is 44.8 Å². The summed E-state index contributed by atoms with van der Waals surface area (Å²) in [7, 11) is 0. The molecule has 1 heterocycles. The smallest absolute Gasteiger partial charge is 0.0730 e. The zero-order valence-electron chi connectivity index (χ0n) is 9.62. The van der Waals surface area contributed by atoms with Crippen LogP contribution in [-0.4, -0.2) is 42.1 Å². The van der Waals surface area contributed by atoms with Gasteiger partial charge in [0.25, 0.3) is 0 Å². The maximum absolute atomic E-state index is 5.83. The highest BCUT2D eigenvalue weighted by Gasteiger charge is 2.36. The van der Waals surface area contributed by atoms with Gasteiger partial charge in [0.05, 0.1) is 12.7 Å². The number of hydrogen-bond acceptors (Lipinski definition) is 2. The number of morpholine rings is 1. The normalized spacial score (nSPS) is 34.0. The molecule has 3 unspecified atom stereocenters. The lowest BCUT2D eigenvalue weighted by atomic mass is 10.0. The van der Waals surface area contributed by atoms with Gasteiger partial charge in [-0.3, -0.25) is 4.90 Å². The standard InChI is InChI=1S/C12H22BrNO/c1-2-10(8-13)9-14-6-7-15-12-5-3-4-11(12)14/h10-12H,2-9H2,1H3. The molecule has 0 amide bonds. The van der Waals surface area contributed by atoms with E-state index < -0.39 is 0 Å². The zero-order chi connectivity index (χ0) is 10.7. The van der Waals surface area contributed by atoms with E-state index in [2.05, 4.69) is 27.8 Å². The lowest BCUT2D eigenvalue weighted by Gasteiger charge is -2.39. The molecule has 1 saturated carbocycles. The second kappa shape index (κ2) is 5.65. The van der Waals surface area contributed by atoms with Crippen LogP contribution >= 0.6 is 15.9 Å². The van der Waals surface area contributed by atoms with E-state index in [1.54, 1.807) is 0 Å². The van der Waals surface area contributed by atoms with E-state index in [1.165, 1.54) is 32.2 Å². The number of alkyl halides is 1. The highest BCUT2D eigenvalue weighted by Crippen LogP contribution is 2.30. The molecule has 0 aromatic heterocycles. The average molecular weight is 276 g/mol. The molecular formula is C12H22BrNO. The summed E-state index contributed by atoms with van der Waals surface area (Å²) in [5.41, 5.74) is 0. The van der Waals surface area contributed by atoms with E-state index in [-0.39, 0.29) is 0 Å². The fourth-order valence-corrected chi connectivity index (χ4v) is 3.51. The first kappa shape index (κ1) is 11.9. The van der Waals surface area contributed by atoms with Crippen LogP contribution in [-0.2, 0) is 4.74 Å². The summed E-state index contributed by atoms with van der Waals surface area (Å²) < 4.78 is 5.83. The van der Waals surface area contributed by atoms with Gasteiger partial charge in [0, 0.05) is 24.5 Å². The maximum atomic E-state index is 5.83. The van der Waals surface area contributed by atoms with E-state index in [1.807, 2.05) is 0 Å². The third kappa shape index (κ3) is 2.75. The third-order valence-corrected chi connectivity index (χ3v) is 4.80. The summed E-state index contributed by atoms with van der Waals surface area (Å²) in [6, 6.07) is 0.729. The third-order valence-electron chi connectivity index (χ3n) is 3.89. The molecule has 2 nitrogen and oxygen atoms in total. The summed E-state index contributed by atoms with van der Waals surface area (Å²) >= 11 is 3.62. The van der Waals surface area contributed by atoms with Crippen LogP contribution in [0.2, 0.25) is 0 Å². The number of nitrogens with zero attached hydrogens (tertiary/aromatic N) is 1. The Balaban J connectivity index is 1.89. The SMILES string of the molecule is CCC(CBr)CN1CCOC2CCCC21. The molecule has 15 heavy (non-hydrogen) atoms. The van der Waals surface area contributed by atoms with Gasteiger partial charge in [-0.05, 0) is 25.2 Å². The molecule has 0 spiro atoms. The molecule has 0 radical (unpaired) electrons. The van der Waals surface area contributed by atoms with Crippen molar-refractivity contribution in [3.63, 3.8) is 0 Å². The van der Waals surface area contributed by atoms with Crippen molar-refractivity contribution in [1.82, 2.24) is 4.90 Å². The molecule has 0 aromatic rings. The van der Waals surface area contributed by atoms with Crippen LogP contribution in [0.3, 0.4) is 0 Å².